The fourth-order valence-electron chi connectivity index (χ4n) is 6.97. The molecule has 4 atom stereocenters. The fraction of sp³-hybridized carbons (Fsp3) is 0.656. The number of aryl methyl sites for hydroxylation is 1. The Hall–Kier alpha value is -2.67. The van der Waals surface area contributed by atoms with Gasteiger partial charge in [0.1, 0.15) is 6.26 Å². The molecule has 7 heteroatoms. The minimum atomic E-state index is -0.164. The summed E-state index contributed by atoms with van der Waals surface area (Å²) in [5, 5.41) is 3.03. The highest BCUT2D eigenvalue weighted by atomic mass is 16.5. The van der Waals surface area contributed by atoms with Gasteiger partial charge in [-0.15, -0.1) is 0 Å². The Bertz CT molecular complexity index is 1090. The summed E-state index contributed by atoms with van der Waals surface area (Å²) in [7, 11) is 0. The number of carbonyl (C=O) groups excluding carboxylic acids is 2. The van der Waals surface area contributed by atoms with Gasteiger partial charge in [0.2, 0.25) is 5.89 Å². The summed E-state index contributed by atoms with van der Waals surface area (Å²) < 4.78 is 17.4. The van der Waals surface area contributed by atoms with Crippen LogP contribution in [0.15, 0.2) is 34.9 Å². The van der Waals surface area contributed by atoms with Gasteiger partial charge in [0.25, 0.3) is 5.91 Å². The van der Waals surface area contributed by atoms with Gasteiger partial charge in [-0.3, -0.25) is 9.59 Å². The topological polar surface area (TPSA) is 90.7 Å². The van der Waals surface area contributed by atoms with Crippen LogP contribution < -0.4 is 5.32 Å². The van der Waals surface area contributed by atoms with Crippen LogP contribution in [0.1, 0.15) is 111 Å². The van der Waals surface area contributed by atoms with Gasteiger partial charge in [-0.2, -0.15) is 0 Å². The normalized spacial score (nSPS) is 24.6. The molecule has 2 aliphatic heterocycles. The number of amides is 1. The number of aromatic nitrogens is 1. The molecule has 7 nitrogen and oxygen atoms in total. The van der Waals surface area contributed by atoms with E-state index in [1.165, 1.54) is 62.3 Å². The van der Waals surface area contributed by atoms with E-state index in [4.69, 9.17) is 13.9 Å². The lowest BCUT2D eigenvalue weighted by molar-refractivity contribution is -0.143. The molecule has 212 valence electrons. The summed E-state index contributed by atoms with van der Waals surface area (Å²) in [5.41, 5.74) is 2.75. The van der Waals surface area contributed by atoms with Gasteiger partial charge in [0.15, 0.2) is 5.69 Å². The molecule has 0 spiro atoms. The predicted molar refractivity (Wildman–Crippen MR) is 148 cm³/mol. The van der Waals surface area contributed by atoms with E-state index in [1.54, 1.807) is 0 Å². The maximum Gasteiger partial charge on any atom is 0.306 e. The number of hydrogen-bond donors (Lipinski definition) is 1. The third kappa shape index (κ3) is 7.10. The van der Waals surface area contributed by atoms with E-state index < -0.39 is 0 Å². The predicted octanol–water partition coefficient (Wildman–Crippen LogP) is 6.15. The lowest BCUT2D eigenvalue weighted by Crippen LogP contribution is -2.28. The number of nitrogens with zero attached hydrogens (tertiary/aromatic N) is 1. The van der Waals surface area contributed by atoms with Crippen LogP contribution in [-0.2, 0) is 27.1 Å². The Morgan fingerprint density at radius 1 is 1.03 bits per heavy atom. The lowest BCUT2D eigenvalue weighted by Gasteiger charge is -2.26. The van der Waals surface area contributed by atoms with Crippen LogP contribution >= 0.6 is 0 Å². The molecule has 1 N–H and O–H groups in total. The van der Waals surface area contributed by atoms with Crippen molar-refractivity contribution in [3.05, 3.63) is 53.2 Å². The third-order valence-corrected chi connectivity index (χ3v) is 8.99. The fourth-order valence-corrected chi connectivity index (χ4v) is 6.97. The number of fused-ring (bicyclic) bond motifs is 2. The first kappa shape index (κ1) is 27.9. The van der Waals surface area contributed by atoms with Crippen LogP contribution in [0.2, 0.25) is 0 Å². The number of ether oxygens (including phenoxy) is 2. The molecule has 1 saturated carbocycles. The second-order valence-corrected chi connectivity index (χ2v) is 11.6. The van der Waals surface area contributed by atoms with Crippen molar-refractivity contribution in [2.75, 3.05) is 13.2 Å². The highest BCUT2D eigenvalue weighted by Gasteiger charge is 2.51. The molecule has 39 heavy (non-hydrogen) atoms. The van der Waals surface area contributed by atoms with Crippen LogP contribution in [0.25, 0.3) is 0 Å². The summed E-state index contributed by atoms with van der Waals surface area (Å²) in [4.78, 5) is 29.4. The highest BCUT2D eigenvalue weighted by molar-refractivity contribution is 5.91. The molecule has 3 fully saturated rings. The lowest BCUT2D eigenvalue weighted by atomic mass is 9.75. The van der Waals surface area contributed by atoms with Gasteiger partial charge in [-0.25, -0.2) is 4.98 Å². The summed E-state index contributed by atoms with van der Waals surface area (Å²) in [5.74, 6) is 1.42. The zero-order chi connectivity index (χ0) is 27.0. The second-order valence-electron chi connectivity index (χ2n) is 11.6. The molecule has 1 aromatic heterocycles. The molecule has 3 aliphatic rings. The molecule has 2 bridgehead atoms. The standard InChI is InChI=1S/C32H44N2O5/c1-2-37-29(35)18-15-23-13-6-7-14-24(23)20-25-27-16-17-28(39-27)30(25)32-34-26(21-38-32)31(36)33-19-9-8-12-22-10-4-3-5-11-22/h6-7,13-14,21-22,25,27-28,30H,2-5,8-12,15-20H2,1H3,(H,33,36). The van der Waals surface area contributed by atoms with Crippen molar-refractivity contribution in [3.63, 3.8) is 0 Å². The van der Waals surface area contributed by atoms with Crippen LogP contribution in [0.5, 0.6) is 0 Å². The Labute approximate surface area is 232 Å². The van der Waals surface area contributed by atoms with E-state index in [-0.39, 0.29) is 35.9 Å². The number of hydrogen-bond acceptors (Lipinski definition) is 6. The molecule has 3 heterocycles. The van der Waals surface area contributed by atoms with E-state index in [0.29, 0.717) is 37.6 Å². The van der Waals surface area contributed by atoms with Crippen molar-refractivity contribution in [1.29, 1.82) is 0 Å². The average Bonchev–Trinajstić information content (AvgIpc) is 3.70. The maximum atomic E-state index is 12.8. The summed E-state index contributed by atoms with van der Waals surface area (Å²) >= 11 is 0. The molecule has 2 aromatic rings. The van der Waals surface area contributed by atoms with Crippen LogP contribution in [-0.4, -0.2) is 42.2 Å². The summed E-state index contributed by atoms with van der Waals surface area (Å²) in [6.07, 6.45) is 16.0. The molecule has 1 aromatic carbocycles. The number of benzene rings is 1. The molecule has 0 radical (unpaired) electrons. The minimum absolute atomic E-state index is 0.0268. The molecule has 2 saturated heterocycles. The first-order valence-electron chi connectivity index (χ1n) is 15.2. The Balaban J connectivity index is 1.16. The Kier molecular flexibility index (Phi) is 9.72. The molecular formula is C32H44N2O5. The van der Waals surface area contributed by atoms with E-state index in [2.05, 4.69) is 28.5 Å². The molecule has 4 unspecified atom stereocenters. The van der Waals surface area contributed by atoms with Gasteiger partial charge in [0, 0.05) is 18.9 Å². The van der Waals surface area contributed by atoms with Crippen molar-refractivity contribution in [3.8, 4) is 0 Å². The van der Waals surface area contributed by atoms with Gasteiger partial charge in [0.05, 0.1) is 24.7 Å². The SMILES string of the molecule is CCOC(=O)CCc1ccccc1CC1C2CCC(O2)C1c1nc(C(=O)NCCCCC2CCCCC2)co1. The molecule has 1 aliphatic carbocycles. The van der Waals surface area contributed by atoms with Gasteiger partial charge in [-0.1, -0.05) is 69.2 Å². The van der Waals surface area contributed by atoms with E-state index >= 15 is 0 Å². The van der Waals surface area contributed by atoms with Crippen LogP contribution in [0, 0.1) is 11.8 Å². The smallest absolute Gasteiger partial charge is 0.306 e. The molecule has 1 amide bonds. The Morgan fingerprint density at radius 2 is 1.82 bits per heavy atom. The zero-order valence-corrected chi connectivity index (χ0v) is 23.4. The number of oxazole rings is 1. The number of unbranched alkanes of at least 4 members (excludes halogenated alkanes) is 1. The van der Waals surface area contributed by atoms with Crippen molar-refractivity contribution >= 4 is 11.9 Å². The number of esters is 1. The van der Waals surface area contributed by atoms with Crippen LogP contribution in [0.4, 0.5) is 0 Å². The maximum absolute atomic E-state index is 12.8. The van der Waals surface area contributed by atoms with Crippen molar-refractivity contribution in [1.82, 2.24) is 10.3 Å². The first-order chi connectivity index (χ1) is 19.1. The van der Waals surface area contributed by atoms with Crippen molar-refractivity contribution < 1.29 is 23.5 Å². The number of nitrogens with one attached hydrogen (secondary N) is 1. The quantitative estimate of drug-likeness (QED) is 0.244. The highest BCUT2D eigenvalue weighted by Crippen LogP contribution is 2.50. The van der Waals surface area contributed by atoms with Gasteiger partial charge < -0.3 is 19.2 Å². The summed E-state index contributed by atoms with van der Waals surface area (Å²) in [6, 6.07) is 8.31. The van der Waals surface area contributed by atoms with Gasteiger partial charge >= 0.3 is 5.97 Å². The first-order valence-corrected chi connectivity index (χ1v) is 15.2. The third-order valence-electron chi connectivity index (χ3n) is 8.99. The number of rotatable bonds is 13. The zero-order valence-electron chi connectivity index (χ0n) is 23.4. The number of carbonyl (C=O) groups is 2. The largest absolute Gasteiger partial charge is 0.466 e. The van der Waals surface area contributed by atoms with Gasteiger partial charge in [-0.05, 0) is 56.1 Å². The molecular weight excluding hydrogens is 492 g/mol. The average molecular weight is 537 g/mol. The second kappa shape index (κ2) is 13.6. The van der Waals surface area contributed by atoms with E-state index in [1.807, 2.05) is 13.0 Å². The monoisotopic (exact) mass is 536 g/mol. The minimum Gasteiger partial charge on any atom is -0.466 e. The Morgan fingerprint density at radius 3 is 2.64 bits per heavy atom. The molecule has 5 rings (SSSR count). The summed E-state index contributed by atoms with van der Waals surface area (Å²) in [6.45, 7) is 2.91. The van der Waals surface area contributed by atoms with Crippen LogP contribution in [0.3, 0.4) is 0 Å². The van der Waals surface area contributed by atoms with E-state index in [9.17, 15) is 9.59 Å². The van der Waals surface area contributed by atoms with Crippen molar-refractivity contribution in [2.24, 2.45) is 11.8 Å². The van der Waals surface area contributed by atoms with E-state index in [0.717, 1.165) is 31.6 Å². The van der Waals surface area contributed by atoms with Crippen molar-refractivity contribution in [2.45, 2.75) is 109 Å².